The minimum absolute atomic E-state index is 0.729. The van der Waals surface area contributed by atoms with Gasteiger partial charge in [-0.3, -0.25) is 4.98 Å². The van der Waals surface area contributed by atoms with E-state index < -0.39 is 0 Å². The highest BCUT2D eigenvalue weighted by Gasteiger charge is 2.13. The predicted molar refractivity (Wildman–Crippen MR) is 106 cm³/mol. The quantitative estimate of drug-likeness (QED) is 0.427. The Morgan fingerprint density at radius 2 is 1.42 bits per heavy atom. The molecule has 0 fully saturated rings. The molecule has 0 N–H and O–H groups in total. The third-order valence-corrected chi connectivity index (χ3v) is 4.52. The highest BCUT2D eigenvalue weighted by Crippen LogP contribution is 2.32. The molecule has 0 aliphatic rings. The summed E-state index contributed by atoms with van der Waals surface area (Å²) in [6.07, 6.45) is 1.83. The highest BCUT2D eigenvalue weighted by molar-refractivity contribution is 6.01. The van der Waals surface area contributed by atoms with E-state index in [1.165, 1.54) is 0 Å². The fraction of sp³-hybridized carbons (Fsp3) is 0. The Kier molecular flexibility index (Phi) is 3.42. The lowest BCUT2D eigenvalue weighted by Gasteiger charge is -2.11. The van der Waals surface area contributed by atoms with Crippen LogP contribution in [0.3, 0.4) is 0 Å². The van der Waals surface area contributed by atoms with Crippen molar-refractivity contribution in [3.63, 3.8) is 0 Å². The Labute approximate surface area is 151 Å². The first-order chi connectivity index (χ1) is 12.9. The molecule has 0 saturated carbocycles. The zero-order chi connectivity index (χ0) is 17.3. The van der Waals surface area contributed by atoms with E-state index in [0.29, 0.717) is 0 Å². The maximum atomic E-state index is 4.94. The summed E-state index contributed by atoms with van der Waals surface area (Å²) in [4.78, 5) is 14.3. The summed E-state index contributed by atoms with van der Waals surface area (Å²) in [5.41, 5.74) is 4.84. The van der Waals surface area contributed by atoms with Crippen molar-refractivity contribution in [1.29, 1.82) is 0 Å². The van der Waals surface area contributed by atoms with Crippen molar-refractivity contribution in [3.05, 3.63) is 91.1 Å². The van der Waals surface area contributed by atoms with Crippen LogP contribution in [0, 0.1) is 0 Å². The zero-order valence-electron chi connectivity index (χ0n) is 14.0. The molecular weight excluding hydrogens is 318 g/mol. The lowest BCUT2D eigenvalue weighted by Crippen LogP contribution is -1.96. The van der Waals surface area contributed by atoms with E-state index in [0.717, 1.165) is 44.5 Å². The summed E-state index contributed by atoms with van der Waals surface area (Å²) < 4.78 is 0. The van der Waals surface area contributed by atoms with Gasteiger partial charge in [0.1, 0.15) is 0 Å². The Bertz CT molecular complexity index is 1220. The molecule has 3 aromatic carbocycles. The van der Waals surface area contributed by atoms with Crippen LogP contribution in [-0.4, -0.2) is 15.0 Å². The van der Waals surface area contributed by atoms with E-state index in [4.69, 9.17) is 9.97 Å². The maximum absolute atomic E-state index is 4.94. The summed E-state index contributed by atoms with van der Waals surface area (Å²) in [6.45, 7) is 0. The standard InChI is InChI=1S/C23H15N3/c1-2-8-17(9-3-1)23-25-20-14-5-4-12-18(20)22(26-23)19-13-6-10-16-11-7-15-24-21(16)19/h1-15H. The largest absolute Gasteiger partial charge is 0.256 e. The van der Waals surface area contributed by atoms with Gasteiger partial charge in [-0.25, -0.2) is 9.97 Å². The molecule has 0 radical (unpaired) electrons. The van der Waals surface area contributed by atoms with Crippen molar-refractivity contribution in [3.8, 4) is 22.6 Å². The van der Waals surface area contributed by atoms with Crippen molar-refractivity contribution < 1.29 is 0 Å². The van der Waals surface area contributed by atoms with Crippen LogP contribution in [-0.2, 0) is 0 Å². The van der Waals surface area contributed by atoms with Crippen LogP contribution in [0.1, 0.15) is 0 Å². The molecule has 3 nitrogen and oxygen atoms in total. The molecule has 0 saturated heterocycles. The van der Waals surface area contributed by atoms with Crippen molar-refractivity contribution in [2.75, 3.05) is 0 Å². The van der Waals surface area contributed by atoms with E-state index in [1.807, 2.05) is 60.8 Å². The number of aromatic nitrogens is 3. The number of benzene rings is 3. The first-order valence-electron chi connectivity index (χ1n) is 8.56. The van der Waals surface area contributed by atoms with Gasteiger partial charge in [-0.2, -0.15) is 0 Å². The molecule has 0 atom stereocenters. The summed E-state index contributed by atoms with van der Waals surface area (Å²) >= 11 is 0. The van der Waals surface area contributed by atoms with Gasteiger partial charge in [0.2, 0.25) is 0 Å². The summed E-state index contributed by atoms with van der Waals surface area (Å²) in [6, 6.07) is 28.5. The first kappa shape index (κ1) is 14.7. The van der Waals surface area contributed by atoms with Gasteiger partial charge < -0.3 is 0 Å². The smallest absolute Gasteiger partial charge is 0.160 e. The Hall–Kier alpha value is -3.59. The highest BCUT2D eigenvalue weighted by atomic mass is 14.9. The van der Waals surface area contributed by atoms with E-state index in [-0.39, 0.29) is 0 Å². The molecule has 2 heterocycles. The molecule has 0 bridgehead atoms. The number of hydrogen-bond donors (Lipinski definition) is 0. The average Bonchev–Trinajstić information content (AvgIpc) is 2.73. The minimum atomic E-state index is 0.729. The molecule has 0 aliphatic heterocycles. The van der Waals surface area contributed by atoms with Gasteiger partial charge in [0.05, 0.1) is 16.7 Å². The lowest BCUT2D eigenvalue weighted by molar-refractivity contribution is 1.23. The zero-order valence-corrected chi connectivity index (χ0v) is 14.0. The normalized spacial score (nSPS) is 11.1. The number of hydrogen-bond acceptors (Lipinski definition) is 3. The Morgan fingerprint density at radius 1 is 0.615 bits per heavy atom. The number of para-hydroxylation sites is 2. The monoisotopic (exact) mass is 333 g/mol. The fourth-order valence-corrected chi connectivity index (χ4v) is 3.29. The van der Waals surface area contributed by atoms with Crippen molar-refractivity contribution in [2.45, 2.75) is 0 Å². The molecule has 0 unspecified atom stereocenters. The van der Waals surface area contributed by atoms with Gasteiger partial charge in [-0.15, -0.1) is 0 Å². The van der Waals surface area contributed by atoms with Gasteiger partial charge in [0.25, 0.3) is 0 Å². The van der Waals surface area contributed by atoms with Crippen molar-refractivity contribution >= 4 is 21.8 Å². The van der Waals surface area contributed by atoms with Crippen LogP contribution in [0.5, 0.6) is 0 Å². The molecule has 5 rings (SSSR count). The second-order valence-electron chi connectivity index (χ2n) is 6.16. The average molecular weight is 333 g/mol. The molecule has 0 amide bonds. The molecule has 5 aromatic rings. The topological polar surface area (TPSA) is 38.7 Å². The maximum Gasteiger partial charge on any atom is 0.160 e. The third-order valence-electron chi connectivity index (χ3n) is 4.52. The second-order valence-corrected chi connectivity index (χ2v) is 6.16. The molecule has 3 heteroatoms. The van der Waals surface area contributed by atoms with Gasteiger partial charge in [-0.05, 0) is 12.1 Å². The van der Waals surface area contributed by atoms with Crippen LogP contribution in [0.4, 0.5) is 0 Å². The third kappa shape index (κ3) is 2.42. The molecule has 0 spiro atoms. The van der Waals surface area contributed by atoms with E-state index >= 15 is 0 Å². The molecular formula is C23H15N3. The van der Waals surface area contributed by atoms with Crippen LogP contribution in [0.25, 0.3) is 44.5 Å². The van der Waals surface area contributed by atoms with Crippen molar-refractivity contribution in [2.24, 2.45) is 0 Å². The predicted octanol–water partition coefficient (Wildman–Crippen LogP) is 5.51. The molecule has 2 aromatic heterocycles. The molecule has 0 aliphatic carbocycles. The summed E-state index contributed by atoms with van der Waals surface area (Å²) in [5, 5.41) is 2.14. The van der Waals surface area contributed by atoms with Gasteiger partial charge in [0, 0.05) is 28.1 Å². The molecule has 122 valence electrons. The lowest BCUT2D eigenvalue weighted by atomic mass is 10.0. The van der Waals surface area contributed by atoms with E-state index in [2.05, 4.69) is 35.3 Å². The van der Waals surface area contributed by atoms with Crippen molar-refractivity contribution in [1.82, 2.24) is 15.0 Å². The fourth-order valence-electron chi connectivity index (χ4n) is 3.29. The van der Waals surface area contributed by atoms with Crippen LogP contribution >= 0.6 is 0 Å². The minimum Gasteiger partial charge on any atom is -0.256 e. The number of fused-ring (bicyclic) bond motifs is 2. The first-order valence-corrected chi connectivity index (χ1v) is 8.56. The van der Waals surface area contributed by atoms with Crippen LogP contribution < -0.4 is 0 Å². The number of rotatable bonds is 2. The van der Waals surface area contributed by atoms with Gasteiger partial charge in [0.15, 0.2) is 5.82 Å². The van der Waals surface area contributed by atoms with Crippen LogP contribution in [0.2, 0.25) is 0 Å². The SMILES string of the molecule is c1ccc(-c2nc(-c3cccc4cccnc34)c3ccccc3n2)cc1. The summed E-state index contributed by atoms with van der Waals surface area (Å²) in [5.74, 6) is 0.729. The van der Waals surface area contributed by atoms with E-state index in [1.54, 1.807) is 0 Å². The summed E-state index contributed by atoms with van der Waals surface area (Å²) in [7, 11) is 0. The van der Waals surface area contributed by atoms with Gasteiger partial charge >= 0.3 is 0 Å². The van der Waals surface area contributed by atoms with E-state index in [9.17, 15) is 0 Å². The number of pyridine rings is 1. The second kappa shape index (κ2) is 6.05. The van der Waals surface area contributed by atoms with Gasteiger partial charge in [-0.1, -0.05) is 72.8 Å². The Morgan fingerprint density at radius 3 is 2.35 bits per heavy atom. The Balaban J connectivity index is 1.87. The van der Waals surface area contributed by atoms with Crippen LogP contribution in [0.15, 0.2) is 91.1 Å². The molecule has 26 heavy (non-hydrogen) atoms. The number of nitrogens with zero attached hydrogens (tertiary/aromatic N) is 3.